The number of amides is 3. The number of nitrogens with one attached hydrogen (secondary N) is 1. The van der Waals surface area contributed by atoms with Gasteiger partial charge in [0.1, 0.15) is 0 Å². The van der Waals surface area contributed by atoms with Crippen LogP contribution in [0.2, 0.25) is 0 Å². The number of carbonyl (C=O) groups is 3. The maximum Gasteiger partial charge on any atom is 0.254 e. The smallest absolute Gasteiger partial charge is 0.254 e. The Morgan fingerprint density at radius 1 is 1.32 bits per heavy atom. The zero-order chi connectivity index (χ0) is 15.7. The molecule has 116 valence electrons. The van der Waals surface area contributed by atoms with Crippen molar-refractivity contribution in [3.8, 4) is 0 Å². The van der Waals surface area contributed by atoms with Crippen molar-refractivity contribution in [1.29, 1.82) is 0 Å². The van der Waals surface area contributed by atoms with Crippen LogP contribution >= 0.6 is 11.8 Å². The highest BCUT2D eigenvalue weighted by molar-refractivity contribution is 8.00. The molecule has 3 rings (SSSR count). The van der Waals surface area contributed by atoms with Crippen molar-refractivity contribution in [1.82, 2.24) is 9.80 Å². The first-order valence-corrected chi connectivity index (χ1v) is 8.06. The second-order valence-corrected chi connectivity index (χ2v) is 6.78. The largest absolute Gasteiger partial charge is 0.342 e. The van der Waals surface area contributed by atoms with Gasteiger partial charge in [0.25, 0.3) is 5.91 Å². The normalized spacial score (nSPS) is 21.1. The number of anilines is 1. The zero-order valence-electron chi connectivity index (χ0n) is 12.2. The number of nitrogens with zero attached hydrogens (tertiary/aromatic N) is 2. The molecule has 2 aliphatic rings. The van der Waals surface area contributed by atoms with Crippen LogP contribution in [0.15, 0.2) is 23.1 Å². The number of thioether (sulfide) groups is 1. The maximum absolute atomic E-state index is 12.5. The summed E-state index contributed by atoms with van der Waals surface area (Å²) in [5.74, 6) is -0.104. The summed E-state index contributed by atoms with van der Waals surface area (Å²) in [4.78, 5) is 39.4. The maximum atomic E-state index is 12.5. The number of fused-ring (bicyclic) bond motifs is 1. The zero-order valence-corrected chi connectivity index (χ0v) is 13.1. The average molecular weight is 319 g/mol. The number of rotatable bonds is 2. The van der Waals surface area contributed by atoms with Gasteiger partial charge >= 0.3 is 0 Å². The average Bonchev–Trinajstić information content (AvgIpc) is 2.55. The minimum Gasteiger partial charge on any atom is -0.342 e. The van der Waals surface area contributed by atoms with Gasteiger partial charge in [-0.1, -0.05) is 0 Å². The number of carbonyl (C=O) groups excluding carboxylic acids is 3. The molecule has 7 heteroatoms. The number of piperazine rings is 1. The van der Waals surface area contributed by atoms with E-state index in [1.54, 1.807) is 21.9 Å². The minimum atomic E-state index is -0.120. The van der Waals surface area contributed by atoms with Crippen LogP contribution in [0.4, 0.5) is 5.69 Å². The summed E-state index contributed by atoms with van der Waals surface area (Å²) < 4.78 is 0. The number of hydrogen-bond acceptors (Lipinski definition) is 4. The van der Waals surface area contributed by atoms with Gasteiger partial charge in [-0.3, -0.25) is 14.4 Å². The van der Waals surface area contributed by atoms with Crippen molar-refractivity contribution in [2.45, 2.75) is 17.1 Å². The lowest BCUT2D eigenvalue weighted by molar-refractivity contribution is -0.119. The third kappa shape index (κ3) is 2.81. The predicted octanol–water partition coefficient (Wildman–Crippen LogP) is 1.03. The molecule has 6 nitrogen and oxygen atoms in total. The molecule has 1 atom stereocenters. The SMILES string of the molecule is CC1Sc2ccc(C(=O)N3CCN(C=O)CC3)cc2NC1=O. The predicted molar refractivity (Wildman–Crippen MR) is 83.9 cm³/mol. The quantitative estimate of drug-likeness (QED) is 0.827. The second-order valence-electron chi connectivity index (χ2n) is 5.39. The topological polar surface area (TPSA) is 69.7 Å². The molecule has 0 bridgehead atoms. The first kappa shape index (κ1) is 14.9. The van der Waals surface area contributed by atoms with Crippen molar-refractivity contribution in [2.75, 3.05) is 31.5 Å². The summed E-state index contributed by atoms with van der Waals surface area (Å²) in [7, 11) is 0. The Labute approximate surface area is 132 Å². The van der Waals surface area contributed by atoms with E-state index >= 15 is 0 Å². The molecule has 1 unspecified atom stereocenters. The van der Waals surface area contributed by atoms with E-state index in [9.17, 15) is 14.4 Å². The molecular formula is C15H17N3O3S. The monoisotopic (exact) mass is 319 g/mol. The van der Waals surface area contributed by atoms with Crippen LogP contribution in [-0.2, 0) is 9.59 Å². The van der Waals surface area contributed by atoms with Gasteiger partial charge < -0.3 is 15.1 Å². The first-order valence-electron chi connectivity index (χ1n) is 7.18. The lowest BCUT2D eigenvalue weighted by atomic mass is 10.1. The highest BCUT2D eigenvalue weighted by Gasteiger charge is 2.26. The molecule has 1 fully saturated rings. The van der Waals surface area contributed by atoms with Crippen LogP contribution < -0.4 is 5.32 Å². The highest BCUT2D eigenvalue weighted by Crippen LogP contribution is 2.36. The number of hydrogen-bond donors (Lipinski definition) is 1. The molecular weight excluding hydrogens is 302 g/mol. The summed E-state index contributed by atoms with van der Waals surface area (Å²) in [6.07, 6.45) is 0.814. The molecule has 1 aromatic rings. The van der Waals surface area contributed by atoms with Crippen molar-refractivity contribution in [3.05, 3.63) is 23.8 Å². The van der Waals surface area contributed by atoms with E-state index in [0.29, 0.717) is 37.4 Å². The van der Waals surface area contributed by atoms with Crippen LogP contribution in [0.25, 0.3) is 0 Å². The Morgan fingerprint density at radius 3 is 2.73 bits per heavy atom. The summed E-state index contributed by atoms with van der Waals surface area (Å²) in [6, 6.07) is 5.41. The summed E-state index contributed by atoms with van der Waals surface area (Å²) in [6.45, 7) is 4.04. The van der Waals surface area contributed by atoms with Gasteiger partial charge in [-0.2, -0.15) is 0 Å². The fourth-order valence-corrected chi connectivity index (χ4v) is 3.49. The molecule has 1 saturated heterocycles. The van der Waals surface area contributed by atoms with E-state index in [2.05, 4.69) is 5.32 Å². The summed E-state index contributed by atoms with van der Waals surface area (Å²) in [5.41, 5.74) is 1.26. The molecule has 1 aromatic carbocycles. The molecule has 1 N–H and O–H groups in total. The Morgan fingerprint density at radius 2 is 2.05 bits per heavy atom. The second kappa shape index (κ2) is 6.00. The fourth-order valence-electron chi connectivity index (χ4n) is 2.55. The first-order chi connectivity index (χ1) is 10.6. The van der Waals surface area contributed by atoms with E-state index in [0.717, 1.165) is 11.3 Å². The van der Waals surface area contributed by atoms with E-state index < -0.39 is 0 Å². The van der Waals surface area contributed by atoms with Crippen LogP contribution in [0.1, 0.15) is 17.3 Å². The van der Waals surface area contributed by atoms with Gasteiger partial charge in [0, 0.05) is 36.6 Å². The standard InChI is InChI=1S/C15H17N3O3S/c1-10-14(20)16-12-8-11(2-3-13(12)22-10)15(21)18-6-4-17(9-19)5-7-18/h2-3,8-10H,4-7H2,1H3,(H,16,20). The molecule has 3 amide bonds. The molecule has 0 aliphatic carbocycles. The van der Waals surface area contributed by atoms with Gasteiger partial charge in [-0.15, -0.1) is 11.8 Å². The summed E-state index contributed by atoms with van der Waals surface area (Å²) in [5, 5.41) is 2.72. The molecule has 2 heterocycles. The molecule has 0 aromatic heterocycles. The number of benzene rings is 1. The van der Waals surface area contributed by atoms with Crippen LogP contribution in [-0.4, -0.2) is 59.5 Å². The third-order valence-electron chi connectivity index (χ3n) is 3.91. The molecule has 2 aliphatic heterocycles. The van der Waals surface area contributed by atoms with Gasteiger partial charge in [0.15, 0.2) is 0 Å². The van der Waals surface area contributed by atoms with Crippen LogP contribution in [0, 0.1) is 0 Å². The van der Waals surface area contributed by atoms with Crippen molar-refractivity contribution in [2.24, 2.45) is 0 Å². The Balaban J connectivity index is 1.75. The van der Waals surface area contributed by atoms with E-state index in [1.165, 1.54) is 11.8 Å². The van der Waals surface area contributed by atoms with Gasteiger partial charge in [0.05, 0.1) is 10.9 Å². The van der Waals surface area contributed by atoms with E-state index in [4.69, 9.17) is 0 Å². The Kier molecular flexibility index (Phi) is 4.06. The molecule has 0 radical (unpaired) electrons. The van der Waals surface area contributed by atoms with Gasteiger partial charge in [0.2, 0.25) is 12.3 Å². The van der Waals surface area contributed by atoms with Crippen molar-refractivity contribution >= 4 is 35.7 Å². The van der Waals surface area contributed by atoms with Crippen molar-refractivity contribution < 1.29 is 14.4 Å². The lowest BCUT2D eigenvalue weighted by Crippen LogP contribution is -2.48. The lowest BCUT2D eigenvalue weighted by Gasteiger charge is -2.32. The van der Waals surface area contributed by atoms with Crippen LogP contribution in [0.3, 0.4) is 0 Å². The summed E-state index contributed by atoms with van der Waals surface area (Å²) >= 11 is 1.50. The Bertz CT molecular complexity index is 626. The third-order valence-corrected chi connectivity index (χ3v) is 5.09. The molecule has 0 saturated carbocycles. The van der Waals surface area contributed by atoms with Gasteiger partial charge in [-0.25, -0.2) is 0 Å². The Hall–Kier alpha value is -2.02. The molecule has 22 heavy (non-hydrogen) atoms. The highest BCUT2D eigenvalue weighted by atomic mass is 32.2. The van der Waals surface area contributed by atoms with Crippen molar-refractivity contribution in [3.63, 3.8) is 0 Å². The van der Waals surface area contributed by atoms with Gasteiger partial charge in [-0.05, 0) is 25.1 Å². The fraction of sp³-hybridized carbons (Fsp3) is 0.400. The van der Waals surface area contributed by atoms with E-state index in [-0.39, 0.29) is 17.1 Å². The van der Waals surface area contributed by atoms with Crippen LogP contribution in [0.5, 0.6) is 0 Å². The molecule has 0 spiro atoms. The minimum absolute atomic E-state index is 0.0401. The van der Waals surface area contributed by atoms with E-state index in [1.807, 2.05) is 13.0 Å².